The van der Waals surface area contributed by atoms with Gasteiger partial charge in [-0.05, 0) is 18.2 Å². The molecular formula is C20H21Cl2N8O3+. The van der Waals surface area contributed by atoms with Crippen LogP contribution in [0, 0.1) is 0 Å². The Morgan fingerprint density at radius 1 is 1.12 bits per heavy atom. The van der Waals surface area contributed by atoms with Crippen molar-refractivity contribution in [1.82, 2.24) is 30.2 Å². The first-order valence-corrected chi connectivity index (χ1v) is 11.1. The molecule has 3 aliphatic rings. The number of guanidine groups is 1. The van der Waals surface area contributed by atoms with Gasteiger partial charge in [-0.25, -0.2) is 9.69 Å². The number of benzene rings is 1. The van der Waals surface area contributed by atoms with Crippen molar-refractivity contribution in [2.75, 3.05) is 40.3 Å². The Hall–Kier alpha value is -3.02. The van der Waals surface area contributed by atoms with Gasteiger partial charge in [0, 0.05) is 32.7 Å². The quantitative estimate of drug-likeness (QED) is 0.640. The molecule has 3 amide bonds. The highest BCUT2D eigenvalue weighted by atomic mass is 35.5. The summed E-state index contributed by atoms with van der Waals surface area (Å²) in [5, 5.41) is 12.4. The average Bonchev–Trinajstić information content (AvgIpc) is 3.44. The first-order chi connectivity index (χ1) is 15.8. The van der Waals surface area contributed by atoms with Gasteiger partial charge < -0.3 is 9.73 Å². The maximum absolute atomic E-state index is 13.1. The molecule has 5 rings (SSSR count). The summed E-state index contributed by atoms with van der Waals surface area (Å²) in [5.41, 5.74) is 0.631. The molecule has 1 N–H and O–H groups in total. The van der Waals surface area contributed by atoms with Crippen molar-refractivity contribution < 1.29 is 18.6 Å². The largest absolute Gasteiger partial charge is 0.417 e. The number of nitrogens with zero attached hydrogens (tertiary/aromatic N) is 7. The number of carbonyl (C=O) groups excluding carboxylic acids is 2. The number of aliphatic imine (C=N–C) groups is 1. The zero-order chi connectivity index (χ0) is 23.3. The molecule has 0 spiro atoms. The predicted molar refractivity (Wildman–Crippen MR) is 120 cm³/mol. The van der Waals surface area contributed by atoms with E-state index in [1.807, 2.05) is 4.90 Å². The fourth-order valence-corrected chi connectivity index (χ4v) is 4.37. The minimum absolute atomic E-state index is 0.146. The van der Waals surface area contributed by atoms with Crippen molar-refractivity contribution in [2.24, 2.45) is 4.99 Å². The molecule has 13 heteroatoms. The number of rotatable bonds is 3. The third-order valence-corrected chi connectivity index (χ3v) is 6.59. The molecule has 172 valence electrons. The smallest absolute Gasteiger partial charge is 0.392 e. The standard InChI is InChI=1S/C20H21Cl2N8O3/c1-27-16-15(18(31)28(2)20(27)32)30(19(24-16)29-7-5-23-6-8-29)10-14-25-26-17(33-14)11-3-4-12(21)13(22)9-11/h3-4,9,15,23H,5-8,10H2,1-2H3/q+1. The van der Waals surface area contributed by atoms with Crippen LogP contribution in [0.25, 0.3) is 11.5 Å². The van der Waals surface area contributed by atoms with Gasteiger partial charge in [0.25, 0.3) is 11.8 Å². The molecule has 0 saturated carbocycles. The van der Waals surface area contributed by atoms with Gasteiger partial charge in [-0.1, -0.05) is 28.2 Å². The molecule has 3 aliphatic heterocycles. The Labute approximate surface area is 199 Å². The maximum atomic E-state index is 13.1. The molecule has 1 atom stereocenters. The fourth-order valence-electron chi connectivity index (χ4n) is 4.07. The summed E-state index contributed by atoms with van der Waals surface area (Å²) in [6, 6.07) is 3.86. The number of likely N-dealkylation sites (N-methyl/N-ethyl adjacent to an activating group) is 2. The molecule has 2 saturated heterocycles. The molecule has 0 radical (unpaired) electrons. The van der Waals surface area contributed by atoms with Gasteiger partial charge in [0.1, 0.15) is 6.54 Å². The van der Waals surface area contributed by atoms with Gasteiger partial charge in [-0.2, -0.15) is 0 Å². The monoisotopic (exact) mass is 491 g/mol. The Kier molecular flexibility index (Phi) is 5.55. The molecule has 0 bridgehead atoms. The topological polar surface area (TPSA) is 110 Å². The molecule has 0 aliphatic carbocycles. The zero-order valence-electron chi connectivity index (χ0n) is 18.0. The van der Waals surface area contributed by atoms with Crippen molar-refractivity contribution >= 4 is 46.9 Å². The van der Waals surface area contributed by atoms with E-state index in [-0.39, 0.29) is 18.3 Å². The van der Waals surface area contributed by atoms with Crippen LogP contribution in [-0.4, -0.2) is 99.5 Å². The van der Waals surface area contributed by atoms with E-state index in [1.54, 1.807) is 25.2 Å². The van der Waals surface area contributed by atoms with Crippen LogP contribution < -0.4 is 5.32 Å². The molecule has 2 aromatic rings. The van der Waals surface area contributed by atoms with Crippen LogP contribution in [0.4, 0.5) is 4.79 Å². The van der Waals surface area contributed by atoms with Gasteiger partial charge in [-0.15, -0.1) is 10.2 Å². The number of urea groups is 1. The van der Waals surface area contributed by atoms with Crippen LogP contribution in [-0.2, 0) is 11.3 Å². The molecule has 1 aromatic heterocycles. The van der Waals surface area contributed by atoms with Crippen LogP contribution in [0.5, 0.6) is 0 Å². The molecule has 4 heterocycles. The highest BCUT2D eigenvalue weighted by Gasteiger charge is 2.55. The van der Waals surface area contributed by atoms with Gasteiger partial charge in [0.15, 0.2) is 0 Å². The number of amidine groups is 1. The lowest BCUT2D eigenvalue weighted by atomic mass is 10.1. The first kappa shape index (κ1) is 21.8. The number of carbonyl (C=O) groups is 2. The summed E-state index contributed by atoms with van der Waals surface area (Å²) in [5.74, 6) is 1.23. The lowest BCUT2D eigenvalue weighted by Gasteiger charge is -2.32. The Bertz CT molecular complexity index is 1200. The van der Waals surface area contributed by atoms with Crippen molar-refractivity contribution in [3.05, 3.63) is 34.1 Å². The average molecular weight is 492 g/mol. The van der Waals surface area contributed by atoms with Crippen LogP contribution >= 0.6 is 23.2 Å². The highest BCUT2D eigenvalue weighted by Crippen LogP contribution is 2.29. The third kappa shape index (κ3) is 3.75. The number of halogens is 2. The molecular weight excluding hydrogens is 471 g/mol. The number of hydrogen-bond donors (Lipinski definition) is 1. The molecule has 1 unspecified atom stereocenters. The summed E-state index contributed by atoms with van der Waals surface area (Å²) in [6.07, 6.45) is 0. The fraction of sp³-hybridized carbons (Fsp3) is 0.400. The molecule has 33 heavy (non-hydrogen) atoms. The number of piperazine rings is 1. The Morgan fingerprint density at radius 3 is 2.61 bits per heavy atom. The van der Waals surface area contributed by atoms with E-state index >= 15 is 0 Å². The minimum Gasteiger partial charge on any atom is -0.417 e. The SMILES string of the molecule is CN1C(=O)C2C(=NC(=[N+]3CCNCC3)N2Cc2nnc(-c3ccc(Cl)c(Cl)c3)o2)N(C)C1=O. The van der Waals surface area contributed by atoms with Crippen LogP contribution in [0.2, 0.25) is 10.0 Å². The van der Waals surface area contributed by atoms with E-state index in [2.05, 4.69) is 20.1 Å². The molecule has 11 nitrogen and oxygen atoms in total. The summed E-state index contributed by atoms with van der Waals surface area (Å²) in [6.45, 7) is 3.16. The van der Waals surface area contributed by atoms with E-state index in [4.69, 9.17) is 32.6 Å². The normalized spacial score (nSPS) is 21.2. The lowest BCUT2D eigenvalue weighted by molar-refractivity contribution is -0.537. The predicted octanol–water partition coefficient (Wildman–Crippen LogP) is 1.12. The summed E-state index contributed by atoms with van der Waals surface area (Å²) in [7, 11) is 3.08. The van der Waals surface area contributed by atoms with E-state index in [0.29, 0.717) is 33.3 Å². The van der Waals surface area contributed by atoms with E-state index < -0.39 is 12.1 Å². The van der Waals surface area contributed by atoms with E-state index in [9.17, 15) is 9.59 Å². The second-order valence-corrected chi connectivity index (χ2v) is 8.72. The maximum Gasteiger partial charge on any atom is 0.392 e. The number of amides is 3. The molecule has 2 fully saturated rings. The number of fused-ring (bicyclic) bond motifs is 1. The third-order valence-electron chi connectivity index (χ3n) is 5.85. The Morgan fingerprint density at radius 2 is 1.88 bits per heavy atom. The summed E-state index contributed by atoms with van der Waals surface area (Å²) in [4.78, 5) is 34.6. The van der Waals surface area contributed by atoms with Crippen LogP contribution in [0.3, 0.4) is 0 Å². The van der Waals surface area contributed by atoms with Crippen molar-refractivity contribution in [3.63, 3.8) is 0 Å². The van der Waals surface area contributed by atoms with Crippen LogP contribution in [0.15, 0.2) is 27.6 Å². The Balaban J connectivity index is 1.50. The van der Waals surface area contributed by atoms with Crippen LogP contribution in [0.1, 0.15) is 5.89 Å². The van der Waals surface area contributed by atoms with Gasteiger partial charge in [-0.3, -0.25) is 19.2 Å². The number of hydrogen-bond acceptors (Lipinski definition) is 6. The number of imide groups is 1. The van der Waals surface area contributed by atoms with Crippen molar-refractivity contribution in [3.8, 4) is 11.5 Å². The highest BCUT2D eigenvalue weighted by molar-refractivity contribution is 6.42. The van der Waals surface area contributed by atoms with Gasteiger partial charge >= 0.3 is 12.0 Å². The molecule has 1 aromatic carbocycles. The van der Waals surface area contributed by atoms with E-state index in [0.717, 1.165) is 31.1 Å². The van der Waals surface area contributed by atoms with E-state index in [1.165, 1.54) is 11.9 Å². The van der Waals surface area contributed by atoms with Crippen molar-refractivity contribution in [1.29, 1.82) is 0 Å². The summed E-state index contributed by atoms with van der Waals surface area (Å²) < 4.78 is 7.97. The van der Waals surface area contributed by atoms with Gasteiger partial charge in [0.05, 0.1) is 23.1 Å². The second-order valence-electron chi connectivity index (χ2n) is 7.91. The van der Waals surface area contributed by atoms with Crippen molar-refractivity contribution in [2.45, 2.75) is 12.6 Å². The number of aromatic nitrogens is 2. The minimum atomic E-state index is -0.761. The lowest BCUT2D eigenvalue weighted by Crippen LogP contribution is -2.62. The van der Waals surface area contributed by atoms with Gasteiger partial charge in [0.2, 0.25) is 17.8 Å². The first-order valence-electron chi connectivity index (χ1n) is 10.4. The summed E-state index contributed by atoms with van der Waals surface area (Å²) >= 11 is 12.1. The zero-order valence-corrected chi connectivity index (χ0v) is 19.5. The second kappa shape index (κ2) is 8.40. The number of nitrogens with one attached hydrogen (secondary N) is 1.